The largest absolute Gasteiger partial charge is 0.330 e. The smallest absolute Gasteiger partial charge is 0.257 e. The summed E-state index contributed by atoms with van der Waals surface area (Å²) in [6.07, 6.45) is 0.368. The molecule has 6 heteroatoms. The number of hydrogen-bond donors (Lipinski definition) is 0. The molecular weight excluding hydrogens is 377 g/mol. The molecule has 1 saturated heterocycles. The standard InChI is InChI=1S/C22H20FNO3S/c23-21-11-4-3-10-20(21)22(25)24(18-12-13-28(26,27)15-18)14-17-8-5-7-16-6-1-2-9-19(16)17/h1-11,18H,12-15H2. The molecule has 1 aliphatic rings. The van der Waals surface area contributed by atoms with Gasteiger partial charge in [-0.3, -0.25) is 4.79 Å². The van der Waals surface area contributed by atoms with Crippen LogP contribution in [0, 0.1) is 5.82 Å². The van der Waals surface area contributed by atoms with E-state index in [0.29, 0.717) is 6.42 Å². The van der Waals surface area contributed by atoms with Gasteiger partial charge in [-0.2, -0.15) is 0 Å². The lowest BCUT2D eigenvalue weighted by Crippen LogP contribution is -2.41. The van der Waals surface area contributed by atoms with Crippen LogP contribution in [-0.4, -0.2) is 36.8 Å². The Morgan fingerprint density at radius 1 is 1.00 bits per heavy atom. The summed E-state index contributed by atoms with van der Waals surface area (Å²) < 4.78 is 38.3. The molecule has 0 N–H and O–H groups in total. The minimum absolute atomic E-state index is 0.0352. The monoisotopic (exact) mass is 397 g/mol. The van der Waals surface area contributed by atoms with Gasteiger partial charge in [0.15, 0.2) is 9.84 Å². The molecule has 0 radical (unpaired) electrons. The predicted octanol–water partition coefficient (Wildman–Crippen LogP) is 3.81. The molecule has 3 aromatic carbocycles. The van der Waals surface area contributed by atoms with Gasteiger partial charge in [0.05, 0.1) is 17.1 Å². The predicted molar refractivity (Wildman–Crippen MR) is 107 cm³/mol. The molecule has 3 aromatic rings. The van der Waals surface area contributed by atoms with Crippen LogP contribution in [0.1, 0.15) is 22.3 Å². The molecule has 1 atom stereocenters. The first-order valence-corrected chi connectivity index (χ1v) is 11.0. The van der Waals surface area contributed by atoms with Gasteiger partial charge >= 0.3 is 0 Å². The molecule has 0 spiro atoms. The number of amides is 1. The Balaban J connectivity index is 1.75. The van der Waals surface area contributed by atoms with Crippen molar-refractivity contribution in [3.63, 3.8) is 0 Å². The Bertz CT molecular complexity index is 1140. The van der Waals surface area contributed by atoms with E-state index in [0.717, 1.165) is 16.3 Å². The molecule has 4 nitrogen and oxygen atoms in total. The van der Waals surface area contributed by atoms with Crippen LogP contribution in [0.15, 0.2) is 66.7 Å². The Labute approximate surface area is 163 Å². The molecule has 0 aliphatic carbocycles. The zero-order valence-corrected chi connectivity index (χ0v) is 16.0. The SMILES string of the molecule is O=C(c1ccccc1F)N(Cc1cccc2ccccc12)C1CCS(=O)(=O)C1. The van der Waals surface area contributed by atoms with Crippen molar-refractivity contribution in [2.45, 2.75) is 19.0 Å². The van der Waals surface area contributed by atoms with E-state index in [1.54, 1.807) is 6.07 Å². The number of hydrogen-bond acceptors (Lipinski definition) is 3. The van der Waals surface area contributed by atoms with E-state index in [-0.39, 0.29) is 23.6 Å². The Morgan fingerprint density at radius 3 is 2.46 bits per heavy atom. The van der Waals surface area contributed by atoms with E-state index in [1.165, 1.54) is 23.1 Å². The molecule has 1 unspecified atom stereocenters. The maximum Gasteiger partial charge on any atom is 0.257 e. The van der Waals surface area contributed by atoms with Crippen molar-refractivity contribution in [3.05, 3.63) is 83.7 Å². The average molecular weight is 397 g/mol. The summed E-state index contributed by atoms with van der Waals surface area (Å²) in [6, 6.07) is 19.0. The lowest BCUT2D eigenvalue weighted by molar-refractivity contribution is 0.0677. The number of carbonyl (C=O) groups is 1. The number of benzene rings is 3. The highest BCUT2D eigenvalue weighted by molar-refractivity contribution is 7.91. The van der Waals surface area contributed by atoms with Gasteiger partial charge in [0.2, 0.25) is 0 Å². The third kappa shape index (κ3) is 3.64. The van der Waals surface area contributed by atoms with Crippen LogP contribution in [0.3, 0.4) is 0 Å². The van der Waals surface area contributed by atoms with Crippen molar-refractivity contribution in [3.8, 4) is 0 Å². The number of nitrogens with zero attached hydrogens (tertiary/aromatic N) is 1. The van der Waals surface area contributed by atoms with Gasteiger partial charge in [-0.1, -0.05) is 54.6 Å². The molecule has 1 aliphatic heterocycles. The number of rotatable bonds is 4. The second kappa shape index (κ2) is 7.36. The number of fused-ring (bicyclic) bond motifs is 1. The summed E-state index contributed by atoms with van der Waals surface area (Å²) in [6.45, 7) is 0.231. The normalized spacial score (nSPS) is 18.2. The molecule has 0 saturated carbocycles. The molecule has 144 valence electrons. The molecule has 0 bridgehead atoms. The fourth-order valence-corrected chi connectivity index (χ4v) is 5.52. The summed E-state index contributed by atoms with van der Waals surface area (Å²) in [5, 5.41) is 2.04. The topological polar surface area (TPSA) is 54.5 Å². The fraction of sp³-hybridized carbons (Fsp3) is 0.227. The Hall–Kier alpha value is -2.73. The van der Waals surface area contributed by atoms with Crippen LogP contribution in [0.4, 0.5) is 4.39 Å². The van der Waals surface area contributed by atoms with Crippen molar-refractivity contribution < 1.29 is 17.6 Å². The van der Waals surface area contributed by atoms with Crippen molar-refractivity contribution in [2.75, 3.05) is 11.5 Å². The number of carbonyl (C=O) groups excluding carboxylic acids is 1. The molecule has 1 fully saturated rings. The molecule has 28 heavy (non-hydrogen) atoms. The Kier molecular flexibility index (Phi) is 4.89. The van der Waals surface area contributed by atoms with Crippen LogP contribution in [-0.2, 0) is 16.4 Å². The van der Waals surface area contributed by atoms with Gasteiger partial charge in [0.1, 0.15) is 5.82 Å². The first-order valence-electron chi connectivity index (χ1n) is 9.17. The summed E-state index contributed by atoms with van der Waals surface area (Å²) in [5.41, 5.74) is 0.874. The van der Waals surface area contributed by atoms with Crippen molar-refractivity contribution in [1.29, 1.82) is 0 Å². The van der Waals surface area contributed by atoms with E-state index in [2.05, 4.69) is 0 Å². The summed E-state index contributed by atoms with van der Waals surface area (Å²) >= 11 is 0. The third-order valence-corrected chi connectivity index (χ3v) is 6.99. The zero-order chi connectivity index (χ0) is 19.7. The molecule has 4 rings (SSSR count). The van der Waals surface area contributed by atoms with Crippen molar-refractivity contribution in [2.24, 2.45) is 0 Å². The fourth-order valence-electron chi connectivity index (χ4n) is 3.79. The van der Waals surface area contributed by atoms with Gasteiger partial charge in [0, 0.05) is 12.6 Å². The first kappa shape index (κ1) is 18.6. The van der Waals surface area contributed by atoms with E-state index in [1.807, 2.05) is 42.5 Å². The summed E-state index contributed by atoms with van der Waals surface area (Å²) in [7, 11) is -3.19. The molecule has 1 heterocycles. The highest BCUT2D eigenvalue weighted by Crippen LogP contribution is 2.26. The lowest BCUT2D eigenvalue weighted by Gasteiger charge is -2.29. The highest BCUT2D eigenvalue weighted by atomic mass is 32.2. The maximum atomic E-state index is 14.3. The van der Waals surface area contributed by atoms with Gasteiger partial charge in [-0.25, -0.2) is 12.8 Å². The van der Waals surface area contributed by atoms with Crippen LogP contribution in [0.5, 0.6) is 0 Å². The highest BCUT2D eigenvalue weighted by Gasteiger charge is 2.35. The summed E-state index contributed by atoms with van der Waals surface area (Å²) in [4.78, 5) is 14.7. The van der Waals surface area contributed by atoms with E-state index in [4.69, 9.17) is 0 Å². The van der Waals surface area contributed by atoms with Crippen LogP contribution in [0.25, 0.3) is 10.8 Å². The quantitative estimate of drug-likeness (QED) is 0.673. The minimum atomic E-state index is -3.19. The number of sulfone groups is 1. The minimum Gasteiger partial charge on any atom is -0.330 e. The third-order valence-electron chi connectivity index (χ3n) is 5.23. The summed E-state index contributed by atoms with van der Waals surface area (Å²) in [5.74, 6) is -1.11. The maximum absolute atomic E-state index is 14.3. The first-order chi connectivity index (χ1) is 13.4. The molecule has 1 amide bonds. The van der Waals surface area contributed by atoms with E-state index in [9.17, 15) is 17.6 Å². The van der Waals surface area contributed by atoms with Crippen molar-refractivity contribution in [1.82, 2.24) is 4.90 Å². The second-order valence-corrected chi connectivity index (χ2v) is 9.34. The van der Waals surface area contributed by atoms with Crippen LogP contribution in [0.2, 0.25) is 0 Å². The van der Waals surface area contributed by atoms with Gasteiger partial charge in [0.25, 0.3) is 5.91 Å². The van der Waals surface area contributed by atoms with Crippen molar-refractivity contribution >= 4 is 26.5 Å². The molecular formula is C22H20FNO3S. The average Bonchev–Trinajstić information content (AvgIpc) is 3.05. The number of halogens is 1. The van der Waals surface area contributed by atoms with E-state index < -0.39 is 27.6 Å². The molecule has 0 aromatic heterocycles. The zero-order valence-electron chi connectivity index (χ0n) is 15.2. The van der Waals surface area contributed by atoms with Gasteiger partial charge < -0.3 is 4.90 Å². The van der Waals surface area contributed by atoms with Crippen LogP contribution < -0.4 is 0 Å². The second-order valence-electron chi connectivity index (χ2n) is 7.11. The lowest BCUT2D eigenvalue weighted by atomic mass is 10.0. The Morgan fingerprint density at radius 2 is 1.71 bits per heavy atom. The van der Waals surface area contributed by atoms with Gasteiger partial charge in [-0.05, 0) is 34.9 Å². The van der Waals surface area contributed by atoms with Crippen LogP contribution >= 0.6 is 0 Å². The van der Waals surface area contributed by atoms with Gasteiger partial charge in [-0.15, -0.1) is 0 Å². The van der Waals surface area contributed by atoms with E-state index >= 15 is 0 Å².